The number of hydrogen-bond donors (Lipinski definition) is 2. The maximum absolute atomic E-state index is 14.0. The average molecular weight is 300 g/mol. The second-order valence-electron chi connectivity index (χ2n) is 5.45. The molecule has 0 amide bonds. The number of piperazine rings is 1. The van der Waals surface area contributed by atoms with Crippen LogP contribution in [0.5, 0.6) is 0 Å². The summed E-state index contributed by atoms with van der Waals surface area (Å²) in [5.41, 5.74) is 2.80. The van der Waals surface area contributed by atoms with E-state index in [0.29, 0.717) is 18.8 Å². The van der Waals surface area contributed by atoms with Gasteiger partial charge in [-0.15, -0.1) is 0 Å². The molecular weight excluding hydrogens is 279 g/mol. The molecule has 5 heteroatoms. The molecule has 0 spiro atoms. The molecule has 2 aromatic rings. The van der Waals surface area contributed by atoms with Crippen LogP contribution in [0.3, 0.4) is 0 Å². The van der Waals surface area contributed by atoms with E-state index in [1.54, 1.807) is 12.3 Å². The first-order chi connectivity index (χ1) is 10.8. The largest absolute Gasteiger partial charge is 0.367 e. The zero-order valence-electron chi connectivity index (χ0n) is 12.6. The van der Waals surface area contributed by atoms with E-state index in [1.165, 1.54) is 0 Å². The standard InChI is InChI=1S/C17H21FN4/c18-16-5-4-14(11-17(16)22-9-7-19-8-10-22)12-20-13-15-3-1-2-6-21-15/h1-6,11,19-20H,7-10,12-13H2. The first kappa shape index (κ1) is 14.9. The number of halogens is 1. The van der Waals surface area contributed by atoms with Crippen molar-refractivity contribution in [3.8, 4) is 0 Å². The Morgan fingerprint density at radius 2 is 2.00 bits per heavy atom. The van der Waals surface area contributed by atoms with Gasteiger partial charge in [-0.05, 0) is 29.8 Å². The first-order valence-corrected chi connectivity index (χ1v) is 7.67. The van der Waals surface area contributed by atoms with E-state index in [2.05, 4.69) is 20.5 Å². The zero-order chi connectivity index (χ0) is 15.2. The number of nitrogens with zero attached hydrogens (tertiary/aromatic N) is 2. The molecule has 4 nitrogen and oxygen atoms in total. The zero-order valence-corrected chi connectivity index (χ0v) is 12.6. The summed E-state index contributed by atoms with van der Waals surface area (Å²) in [7, 11) is 0. The van der Waals surface area contributed by atoms with Crippen LogP contribution in [0.2, 0.25) is 0 Å². The summed E-state index contributed by atoms with van der Waals surface area (Å²) in [4.78, 5) is 6.38. The SMILES string of the molecule is Fc1ccc(CNCc2ccccn2)cc1N1CCNCC1. The third-order valence-electron chi connectivity index (χ3n) is 3.83. The van der Waals surface area contributed by atoms with E-state index < -0.39 is 0 Å². The Morgan fingerprint density at radius 1 is 1.14 bits per heavy atom. The van der Waals surface area contributed by atoms with E-state index in [9.17, 15) is 4.39 Å². The summed E-state index contributed by atoms with van der Waals surface area (Å²) in [6.07, 6.45) is 1.79. The van der Waals surface area contributed by atoms with E-state index in [4.69, 9.17) is 0 Å². The highest BCUT2D eigenvalue weighted by atomic mass is 19.1. The molecule has 3 rings (SSSR count). The Bertz CT molecular complexity index is 597. The summed E-state index contributed by atoms with van der Waals surface area (Å²) in [6, 6.07) is 11.2. The maximum Gasteiger partial charge on any atom is 0.146 e. The van der Waals surface area contributed by atoms with Crippen molar-refractivity contribution < 1.29 is 4.39 Å². The highest BCUT2D eigenvalue weighted by Crippen LogP contribution is 2.21. The van der Waals surface area contributed by atoms with Crippen LogP contribution in [-0.2, 0) is 13.1 Å². The molecule has 0 aliphatic carbocycles. The van der Waals surface area contributed by atoms with E-state index in [-0.39, 0.29) is 5.82 Å². The first-order valence-electron chi connectivity index (χ1n) is 7.67. The van der Waals surface area contributed by atoms with Crippen molar-refractivity contribution in [1.29, 1.82) is 0 Å². The van der Waals surface area contributed by atoms with Crippen LogP contribution in [0.15, 0.2) is 42.6 Å². The Balaban J connectivity index is 1.61. The molecule has 0 unspecified atom stereocenters. The van der Waals surface area contributed by atoms with Gasteiger partial charge in [-0.1, -0.05) is 12.1 Å². The van der Waals surface area contributed by atoms with E-state index in [0.717, 1.165) is 37.4 Å². The van der Waals surface area contributed by atoms with Crippen LogP contribution in [0, 0.1) is 5.82 Å². The number of benzene rings is 1. The van der Waals surface area contributed by atoms with Gasteiger partial charge >= 0.3 is 0 Å². The quantitative estimate of drug-likeness (QED) is 0.885. The average Bonchev–Trinajstić information content (AvgIpc) is 2.58. The normalized spacial score (nSPS) is 15.0. The summed E-state index contributed by atoms with van der Waals surface area (Å²) in [6.45, 7) is 4.92. The molecule has 116 valence electrons. The Morgan fingerprint density at radius 3 is 2.77 bits per heavy atom. The topological polar surface area (TPSA) is 40.2 Å². The van der Waals surface area contributed by atoms with Gasteiger partial charge in [0.05, 0.1) is 11.4 Å². The van der Waals surface area contributed by atoms with Crippen LogP contribution < -0.4 is 15.5 Å². The molecule has 0 bridgehead atoms. The number of aromatic nitrogens is 1. The molecule has 2 N–H and O–H groups in total. The lowest BCUT2D eigenvalue weighted by Crippen LogP contribution is -2.43. The van der Waals surface area contributed by atoms with E-state index in [1.807, 2.05) is 30.3 Å². The minimum absolute atomic E-state index is 0.143. The molecule has 1 aliphatic heterocycles. The summed E-state index contributed by atoms with van der Waals surface area (Å²) < 4.78 is 14.0. The van der Waals surface area contributed by atoms with Crippen molar-refractivity contribution in [2.24, 2.45) is 0 Å². The van der Waals surface area contributed by atoms with Gasteiger partial charge in [0.2, 0.25) is 0 Å². The predicted molar refractivity (Wildman–Crippen MR) is 86.3 cm³/mol. The van der Waals surface area contributed by atoms with Gasteiger partial charge in [-0.2, -0.15) is 0 Å². The Labute approximate surface area is 130 Å². The molecule has 1 aromatic heterocycles. The van der Waals surface area contributed by atoms with Gasteiger partial charge in [0, 0.05) is 45.5 Å². The molecular formula is C17H21FN4. The molecule has 1 fully saturated rings. The van der Waals surface area contributed by atoms with Gasteiger partial charge in [0.15, 0.2) is 0 Å². The minimum atomic E-state index is -0.143. The third kappa shape index (κ3) is 3.81. The number of nitrogens with one attached hydrogen (secondary N) is 2. The van der Waals surface area contributed by atoms with Gasteiger partial charge in [0.25, 0.3) is 0 Å². The second kappa shape index (κ2) is 7.33. The number of pyridine rings is 1. The lowest BCUT2D eigenvalue weighted by atomic mass is 10.1. The fourth-order valence-corrected chi connectivity index (χ4v) is 2.65. The molecule has 1 saturated heterocycles. The van der Waals surface area contributed by atoms with Gasteiger partial charge < -0.3 is 15.5 Å². The molecule has 0 saturated carbocycles. The molecule has 0 radical (unpaired) electrons. The van der Waals surface area contributed by atoms with Gasteiger partial charge in [-0.3, -0.25) is 4.98 Å². The third-order valence-corrected chi connectivity index (χ3v) is 3.83. The highest BCUT2D eigenvalue weighted by molar-refractivity contribution is 5.50. The maximum atomic E-state index is 14.0. The number of anilines is 1. The lowest BCUT2D eigenvalue weighted by molar-refractivity contribution is 0.565. The summed E-state index contributed by atoms with van der Waals surface area (Å²) in [5, 5.41) is 6.64. The molecule has 1 aromatic carbocycles. The number of rotatable bonds is 5. The van der Waals surface area contributed by atoms with Crippen molar-refractivity contribution in [1.82, 2.24) is 15.6 Å². The fraction of sp³-hybridized carbons (Fsp3) is 0.353. The minimum Gasteiger partial charge on any atom is -0.367 e. The number of hydrogen-bond acceptors (Lipinski definition) is 4. The summed E-state index contributed by atoms with van der Waals surface area (Å²) >= 11 is 0. The molecule has 1 aliphatic rings. The fourth-order valence-electron chi connectivity index (χ4n) is 2.65. The monoisotopic (exact) mass is 300 g/mol. The predicted octanol–water partition coefficient (Wildman–Crippen LogP) is 1.92. The van der Waals surface area contributed by atoms with Crippen LogP contribution in [0.25, 0.3) is 0 Å². The van der Waals surface area contributed by atoms with Gasteiger partial charge in [-0.25, -0.2) is 4.39 Å². The lowest BCUT2D eigenvalue weighted by Gasteiger charge is -2.30. The van der Waals surface area contributed by atoms with Gasteiger partial charge in [0.1, 0.15) is 5.82 Å². The van der Waals surface area contributed by atoms with E-state index >= 15 is 0 Å². The summed E-state index contributed by atoms with van der Waals surface area (Å²) in [5.74, 6) is -0.143. The van der Waals surface area contributed by atoms with Crippen molar-refractivity contribution in [2.75, 3.05) is 31.1 Å². The van der Waals surface area contributed by atoms with Crippen LogP contribution in [0.4, 0.5) is 10.1 Å². The van der Waals surface area contributed by atoms with Crippen LogP contribution >= 0.6 is 0 Å². The smallest absolute Gasteiger partial charge is 0.146 e. The highest BCUT2D eigenvalue weighted by Gasteiger charge is 2.14. The Kier molecular flexibility index (Phi) is 4.98. The molecule has 0 atom stereocenters. The second-order valence-corrected chi connectivity index (χ2v) is 5.45. The van der Waals surface area contributed by atoms with Crippen molar-refractivity contribution in [2.45, 2.75) is 13.1 Å². The van der Waals surface area contributed by atoms with Crippen LogP contribution in [0.1, 0.15) is 11.3 Å². The molecule has 2 heterocycles. The van der Waals surface area contributed by atoms with Crippen molar-refractivity contribution >= 4 is 5.69 Å². The van der Waals surface area contributed by atoms with Crippen molar-refractivity contribution in [3.05, 3.63) is 59.7 Å². The Hall–Kier alpha value is -1.98. The van der Waals surface area contributed by atoms with Crippen LogP contribution in [-0.4, -0.2) is 31.2 Å². The molecule has 22 heavy (non-hydrogen) atoms. The van der Waals surface area contributed by atoms with Crippen molar-refractivity contribution in [3.63, 3.8) is 0 Å².